The first-order chi connectivity index (χ1) is 10.1. The molecular weight excluding hydrogens is 472 g/mol. The van der Waals surface area contributed by atoms with E-state index in [2.05, 4.69) is 6.92 Å². The van der Waals surface area contributed by atoms with Crippen molar-refractivity contribution in [3.8, 4) is 0 Å². The zero-order valence-electron chi connectivity index (χ0n) is 12.2. The zero-order valence-corrected chi connectivity index (χ0v) is 16.0. The Hall–Kier alpha value is -0.842. The Morgan fingerprint density at radius 1 is 1.41 bits per heavy atom. The summed E-state index contributed by atoms with van der Waals surface area (Å²) in [5, 5.41) is 12.4. The van der Waals surface area contributed by atoms with Crippen molar-refractivity contribution in [1.29, 1.82) is 0 Å². The number of benzene rings is 1. The summed E-state index contributed by atoms with van der Waals surface area (Å²) >= 11 is 1.28. The number of rotatable bonds is 6. The van der Waals surface area contributed by atoms with Gasteiger partial charge in [0.05, 0.1) is 12.3 Å². The molecule has 0 radical (unpaired) electrons. The van der Waals surface area contributed by atoms with Crippen molar-refractivity contribution in [2.24, 2.45) is 0 Å². The van der Waals surface area contributed by atoms with Crippen molar-refractivity contribution in [1.82, 2.24) is 10.0 Å². The van der Waals surface area contributed by atoms with Gasteiger partial charge in [-0.25, -0.2) is 5.01 Å². The van der Waals surface area contributed by atoms with Crippen LogP contribution in [0.15, 0.2) is 29.2 Å². The van der Waals surface area contributed by atoms with Crippen molar-refractivity contribution >= 4 is 23.6 Å². The van der Waals surface area contributed by atoms with Gasteiger partial charge in [0, 0.05) is 38.9 Å². The molecule has 120 valence electrons. The molecule has 5 nitrogen and oxygen atoms in total. The summed E-state index contributed by atoms with van der Waals surface area (Å²) < 4.78 is 0. The molecular formula is C15H19N2O3SW-. The largest absolute Gasteiger partial charge is 0.481 e. The summed E-state index contributed by atoms with van der Waals surface area (Å²) in [7, 11) is 0. The SMILES string of the molecule is [CH2-]CN1CCCC(=O)N1Cc1cccc(SCC(=O)O)c1.[W]. The van der Waals surface area contributed by atoms with Crippen LogP contribution in [0.1, 0.15) is 18.4 Å². The summed E-state index contributed by atoms with van der Waals surface area (Å²) in [5.41, 5.74) is 0.999. The van der Waals surface area contributed by atoms with E-state index in [0.29, 0.717) is 19.5 Å². The van der Waals surface area contributed by atoms with Crippen LogP contribution < -0.4 is 0 Å². The molecule has 22 heavy (non-hydrogen) atoms. The topological polar surface area (TPSA) is 60.9 Å². The number of aliphatic carboxylic acids is 1. The predicted molar refractivity (Wildman–Crippen MR) is 81.5 cm³/mol. The fraction of sp³-hybridized carbons (Fsp3) is 0.400. The van der Waals surface area contributed by atoms with Gasteiger partial charge in [-0.15, -0.1) is 18.3 Å². The van der Waals surface area contributed by atoms with Crippen molar-refractivity contribution in [2.45, 2.75) is 24.3 Å². The molecule has 1 aliphatic heterocycles. The third-order valence-corrected chi connectivity index (χ3v) is 4.27. The molecule has 0 spiro atoms. The second kappa shape index (κ2) is 9.33. The van der Waals surface area contributed by atoms with E-state index in [4.69, 9.17) is 5.11 Å². The molecule has 1 aromatic carbocycles. The summed E-state index contributed by atoms with van der Waals surface area (Å²) in [6.07, 6.45) is 1.45. The average Bonchev–Trinajstić information content (AvgIpc) is 2.47. The summed E-state index contributed by atoms with van der Waals surface area (Å²) in [6.45, 7) is 5.79. The molecule has 0 bridgehead atoms. The van der Waals surface area contributed by atoms with Gasteiger partial charge in [0.1, 0.15) is 0 Å². The van der Waals surface area contributed by atoms with Gasteiger partial charge in [-0.2, -0.15) is 0 Å². The maximum absolute atomic E-state index is 12.0. The second-order valence-electron chi connectivity index (χ2n) is 4.84. The van der Waals surface area contributed by atoms with E-state index in [1.165, 1.54) is 11.8 Å². The summed E-state index contributed by atoms with van der Waals surface area (Å²) in [5.74, 6) is -0.676. The zero-order chi connectivity index (χ0) is 15.2. The molecule has 1 saturated heterocycles. The van der Waals surface area contributed by atoms with Crippen molar-refractivity contribution in [2.75, 3.05) is 18.8 Å². The normalized spacial score (nSPS) is 15.5. The van der Waals surface area contributed by atoms with E-state index < -0.39 is 5.97 Å². The fourth-order valence-corrected chi connectivity index (χ4v) is 2.99. The molecule has 1 aliphatic rings. The average molecular weight is 491 g/mol. The van der Waals surface area contributed by atoms with Crippen LogP contribution >= 0.6 is 11.8 Å². The molecule has 1 amide bonds. The summed E-state index contributed by atoms with van der Waals surface area (Å²) in [4.78, 5) is 23.6. The molecule has 1 heterocycles. The van der Waals surface area contributed by atoms with E-state index in [1.807, 2.05) is 29.3 Å². The van der Waals surface area contributed by atoms with Gasteiger partial charge in [0.2, 0.25) is 5.91 Å². The standard InChI is InChI=1S/C15H19N2O3S.W/c1-2-16-8-4-7-14(18)17(16)10-12-5-3-6-13(9-12)21-11-15(19)20;/h3,5-6,9H,1-2,4,7-8,10-11H2,(H,19,20);/q-1;. The first-order valence-electron chi connectivity index (χ1n) is 6.88. The van der Waals surface area contributed by atoms with Gasteiger partial charge in [0.25, 0.3) is 0 Å². The molecule has 2 rings (SSSR count). The van der Waals surface area contributed by atoms with E-state index in [1.54, 1.807) is 5.01 Å². The number of carbonyl (C=O) groups is 2. The van der Waals surface area contributed by atoms with E-state index >= 15 is 0 Å². The number of hydrogen-bond acceptors (Lipinski definition) is 4. The van der Waals surface area contributed by atoms with Crippen LogP contribution in [-0.4, -0.2) is 45.8 Å². The number of carboxylic acids is 1. The van der Waals surface area contributed by atoms with Crippen LogP contribution in [0.3, 0.4) is 0 Å². The minimum Gasteiger partial charge on any atom is -0.481 e. The van der Waals surface area contributed by atoms with Crippen LogP contribution in [0.4, 0.5) is 0 Å². The Bertz CT molecular complexity index is 527. The van der Waals surface area contributed by atoms with Gasteiger partial charge in [-0.05, 0) is 24.1 Å². The molecule has 0 unspecified atom stereocenters. The molecule has 7 heteroatoms. The van der Waals surface area contributed by atoms with Crippen molar-refractivity contribution < 1.29 is 35.8 Å². The fourth-order valence-electron chi connectivity index (χ4n) is 2.29. The minimum atomic E-state index is -0.833. The van der Waals surface area contributed by atoms with Crippen molar-refractivity contribution in [3.63, 3.8) is 0 Å². The minimum absolute atomic E-state index is 0. The van der Waals surface area contributed by atoms with Crippen LogP contribution in [0.5, 0.6) is 0 Å². The first kappa shape index (κ1) is 19.2. The molecule has 1 fully saturated rings. The smallest absolute Gasteiger partial charge is 0.313 e. The Morgan fingerprint density at radius 2 is 2.18 bits per heavy atom. The second-order valence-corrected chi connectivity index (χ2v) is 5.89. The number of carboxylic acid groups (broad SMARTS) is 1. The number of nitrogens with zero attached hydrogens (tertiary/aromatic N) is 2. The third kappa shape index (κ3) is 5.41. The van der Waals surface area contributed by atoms with Gasteiger partial charge < -0.3 is 12.0 Å². The van der Waals surface area contributed by atoms with Gasteiger partial charge in [0.15, 0.2) is 0 Å². The van der Waals surface area contributed by atoms with Gasteiger partial charge in [-0.3, -0.25) is 14.6 Å². The molecule has 0 saturated carbocycles. The van der Waals surface area contributed by atoms with Crippen LogP contribution in [0.2, 0.25) is 0 Å². The molecule has 1 N–H and O–H groups in total. The van der Waals surface area contributed by atoms with Gasteiger partial charge >= 0.3 is 5.97 Å². The number of hydrogen-bond donors (Lipinski definition) is 1. The van der Waals surface area contributed by atoms with Crippen LogP contribution in [0.25, 0.3) is 0 Å². The van der Waals surface area contributed by atoms with Crippen molar-refractivity contribution in [3.05, 3.63) is 36.8 Å². The molecule has 0 aromatic heterocycles. The van der Waals surface area contributed by atoms with E-state index in [0.717, 1.165) is 23.4 Å². The number of carbonyl (C=O) groups excluding carboxylic acids is 1. The van der Waals surface area contributed by atoms with E-state index in [-0.39, 0.29) is 32.7 Å². The Kier molecular flexibility index (Phi) is 8.15. The molecule has 0 aliphatic carbocycles. The first-order valence-corrected chi connectivity index (χ1v) is 7.86. The third-order valence-electron chi connectivity index (χ3n) is 3.29. The van der Waals surface area contributed by atoms with Crippen LogP contribution in [-0.2, 0) is 37.2 Å². The molecule has 0 atom stereocenters. The molecule has 1 aromatic rings. The number of hydrazine groups is 1. The number of amides is 1. The maximum Gasteiger partial charge on any atom is 0.313 e. The van der Waals surface area contributed by atoms with E-state index in [9.17, 15) is 9.59 Å². The monoisotopic (exact) mass is 491 g/mol. The Labute approximate surface area is 149 Å². The Balaban J connectivity index is 0.00000242. The maximum atomic E-state index is 12.0. The number of thioether (sulfide) groups is 1. The predicted octanol–water partition coefficient (Wildman–Crippen LogP) is 2.03. The van der Waals surface area contributed by atoms with Crippen LogP contribution in [0, 0.1) is 6.92 Å². The quantitative estimate of drug-likeness (QED) is 0.488. The van der Waals surface area contributed by atoms with Gasteiger partial charge in [-0.1, -0.05) is 12.1 Å². The Morgan fingerprint density at radius 3 is 2.86 bits per heavy atom. The summed E-state index contributed by atoms with van der Waals surface area (Å²) in [6, 6.07) is 7.67.